The Labute approximate surface area is 80.9 Å². The molecule has 0 aliphatic rings. The van der Waals surface area contributed by atoms with Crippen molar-refractivity contribution in [3.8, 4) is 0 Å². The maximum atomic E-state index is 10.3. The van der Waals surface area contributed by atoms with E-state index in [0.717, 1.165) is 0 Å². The molecule has 0 fully saturated rings. The molecule has 0 amide bonds. The third-order valence-electron chi connectivity index (χ3n) is 1.45. The second-order valence-electron chi connectivity index (χ2n) is 3.06. The zero-order valence-corrected chi connectivity index (χ0v) is 7.98. The van der Waals surface area contributed by atoms with Crippen LogP contribution in [0.1, 0.15) is 13.8 Å². The van der Waals surface area contributed by atoms with Gasteiger partial charge in [-0.1, -0.05) is 0 Å². The predicted molar refractivity (Wildman–Crippen MR) is 55.1 cm³/mol. The van der Waals surface area contributed by atoms with Crippen LogP contribution in [-0.2, 0) is 0 Å². The van der Waals surface area contributed by atoms with Crippen LogP contribution >= 0.6 is 0 Å². The molecule has 1 rings (SSSR count). The van der Waals surface area contributed by atoms with E-state index in [1.165, 1.54) is 0 Å². The van der Waals surface area contributed by atoms with Crippen LogP contribution in [-0.4, -0.2) is 16.0 Å². The van der Waals surface area contributed by atoms with Crippen molar-refractivity contribution >= 4 is 23.3 Å². The van der Waals surface area contributed by atoms with Gasteiger partial charge in [0.1, 0.15) is 0 Å². The second kappa shape index (κ2) is 3.86. The summed E-state index contributed by atoms with van der Waals surface area (Å²) < 4.78 is 0. The minimum atomic E-state index is -0.112. The van der Waals surface area contributed by atoms with Crippen LogP contribution < -0.4 is 16.8 Å². The van der Waals surface area contributed by atoms with Crippen molar-refractivity contribution in [1.82, 2.24) is 9.97 Å². The number of nitrogen functional groups attached to an aromatic ring is 2. The zero-order valence-electron chi connectivity index (χ0n) is 7.98. The number of anilines is 3. The van der Waals surface area contributed by atoms with Crippen LogP contribution in [0.4, 0.5) is 23.3 Å². The number of nitrogens with two attached hydrogens (primary N) is 2. The fraction of sp³-hybridized carbons (Fsp3) is 0.429. The summed E-state index contributed by atoms with van der Waals surface area (Å²) >= 11 is 0. The number of hydrogen-bond donors (Lipinski definition) is 3. The van der Waals surface area contributed by atoms with Crippen LogP contribution in [0, 0.1) is 4.91 Å². The molecule has 0 aliphatic heterocycles. The molecule has 5 N–H and O–H groups in total. The molecule has 76 valence electrons. The van der Waals surface area contributed by atoms with Crippen molar-refractivity contribution in [1.29, 1.82) is 0 Å². The van der Waals surface area contributed by atoms with Gasteiger partial charge in [-0.25, -0.2) is 0 Å². The Bertz CT molecular complexity index is 327. The number of aromatic nitrogens is 2. The molecule has 0 spiro atoms. The molecule has 0 saturated carbocycles. The highest BCUT2D eigenvalue weighted by atomic mass is 16.3. The standard InChI is InChI=1S/C7H12N6O/c1-3(2)10-7-11-5(8)4(13-14)6(9)12-7/h3H,1-2H3,(H5,8,9,10,11,12). The normalized spacial score (nSPS) is 10.2. The maximum absolute atomic E-state index is 10.3. The third kappa shape index (κ3) is 2.06. The van der Waals surface area contributed by atoms with Crippen molar-refractivity contribution in [3.05, 3.63) is 4.91 Å². The van der Waals surface area contributed by atoms with Crippen LogP contribution in [0.25, 0.3) is 0 Å². The Hall–Kier alpha value is -1.92. The van der Waals surface area contributed by atoms with Crippen molar-refractivity contribution in [2.75, 3.05) is 16.8 Å². The molecule has 7 nitrogen and oxygen atoms in total. The predicted octanol–water partition coefficient (Wildman–Crippen LogP) is 0.859. The van der Waals surface area contributed by atoms with Gasteiger partial charge in [-0.05, 0) is 19.0 Å². The van der Waals surface area contributed by atoms with Crippen molar-refractivity contribution in [2.24, 2.45) is 5.18 Å². The topological polar surface area (TPSA) is 119 Å². The van der Waals surface area contributed by atoms with Crippen LogP contribution in [0.5, 0.6) is 0 Å². The van der Waals surface area contributed by atoms with Gasteiger partial charge in [0.05, 0.1) is 0 Å². The lowest BCUT2D eigenvalue weighted by atomic mass is 10.4. The fourth-order valence-corrected chi connectivity index (χ4v) is 0.907. The van der Waals surface area contributed by atoms with Crippen molar-refractivity contribution < 1.29 is 0 Å². The van der Waals surface area contributed by atoms with E-state index >= 15 is 0 Å². The highest BCUT2D eigenvalue weighted by Crippen LogP contribution is 2.26. The summed E-state index contributed by atoms with van der Waals surface area (Å²) in [6, 6.07) is 0.156. The average molecular weight is 196 g/mol. The van der Waals surface area contributed by atoms with E-state index in [2.05, 4.69) is 20.5 Å². The summed E-state index contributed by atoms with van der Waals surface area (Å²) in [6.45, 7) is 3.84. The van der Waals surface area contributed by atoms with Crippen LogP contribution in [0.15, 0.2) is 5.18 Å². The van der Waals surface area contributed by atoms with E-state index in [-0.39, 0.29) is 23.4 Å². The van der Waals surface area contributed by atoms with Gasteiger partial charge in [-0.15, -0.1) is 4.91 Å². The molecule has 0 aromatic carbocycles. The first-order valence-electron chi connectivity index (χ1n) is 4.07. The van der Waals surface area contributed by atoms with E-state index in [0.29, 0.717) is 5.95 Å². The van der Waals surface area contributed by atoms with Gasteiger partial charge in [-0.3, -0.25) is 0 Å². The van der Waals surface area contributed by atoms with Crippen LogP contribution in [0.3, 0.4) is 0 Å². The Morgan fingerprint density at radius 2 is 1.79 bits per heavy atom. The van der Waals surface area contributed by atoms with Gasteiger partial charge in [-0.2, -0.15) is 9.97 Å². The lowest BCUT2D eigenvalue weighted by Gasteiger charge is -2.09. The Balaban J connectivity index is 3.07. The summed E-state index contributed by atoms with van der Waals surface area (Å²) in [7, 11) is 0. The van der Waals surface area contributed by atoms with E-state index < -0.39 is 0 Å². The Kier molecular flexibility index (Phi) is 2.80. The number of rotatable bonds is 3. The SMILES string of the molecule is CC(C)Nc1nc(N)c(N=O)c(N)n1. The summed E-state index contributed by atoms with van der Waals surface area (Å²) in [4.78, 5) is 17.9. The lowest BCUT2D eigenvalue weighted by Crippen LogP contribution is -2.14. The molecule has 7 heteroatoms. The number of nitrogens with one attached hydrogen (secondary N) is 1. The van der Waals surface area contributed by atoms with Gasteiger partial charge >= 0.3 is 0 Å². The molecule has 1 aromatic rings. The van der Waals surface area contributed by atoms with Crippen LogP contribution in [0.2, 0.25) is 0 Å². The first-order valence-corrected chi connectivity index (χ1v) is 4.07. The molecule has 0 unspecified atom stereocenters. The van der Waals surface area contributed by atoms with Gasteiger partial charge in [0.15, 0.2) is 17.3 Å². The maximum Gasteiger partial charge on any atom is 0.226 e. The highest BCUT2D eigenvalue weighted by Gasteiger charge is 2.10. The first-order chi connectivity index (χ1) is 6.54. The molecule has 0 saturated heterocycles. The fourth-order valence-electron chi connectivity index (χ4n) is 0.907. The van der Waals surface area contributed by atoms with Gasteiger partial charge in [0, 0.05) is 6.04 Å². The zero-order chi connectivity index (χ0) is 10.7. The molecule has 0 radical (unpaired) electrons. The first kappa shape index (κ1) is 10.2. The highest BCUT2D eigenvalue weighted by molar-refractivity contribution is 5.71. The quantitative estimate of drug-likeness (QED) is 0.616. The van der Waals surface area contributed by atoms with Gasteiger partial charge < -0.3 is 16.8 Å². The molecule has 0 aliphatic carbocycles. The minimum Gasteiger partial charge on any atom is -0.382 e. The van der Waals surface area contributed by atoms with E-state index in [9.17, 15) is 4.91 Å². The van der Waals surface area contributed by atoms with E-state index in [4.69, 9.17) is 11.5 Å². The number of hydrogen-bond acceptors (Lipinski definition) is 7. The largest absolute Gasteiger partial charge is 0.382 e. The van der Waals surface area contributed by atoms with E-state index in [1.54, 1.807) is 0 Å². The van der Waals surface area contributed by atoms with Crippen molar-refractivity contribution in [3.63, 3.8) is 0 Å². The molecule has 0 bridgehead atoms. The monoisotopic (exact) mass is 196 g/mol. The molecule has 14 heavy (non-hydrogen) atoms. The summed E-state index contributed by atoms with van der Waals surface area (Å²) in [5.41, 5.74) is 10.8. The molecule has 0 atom stereocenters. The average Bonchev–Trinajstić information content (AvgIpc) is 2.01. The smallest absolute Gasteiger partial charge is 0.226 e. The summed E-state index contributed by atoms with van der Waals surface area (Å²) in [5.74, 6) is 0.258. The van der Waals surface area contributed by atoms with Gasteiger partial charge in [0.25, 0.3) is 0 Å². The Morgan fingerprint density at radius 1 is 1.29 bits per heavy atom. The third-order valence-corrected chi connectivity index (χ3v) is 1.45. The lowest BCUT2D eigenvalue weighted by molar-refractivity contribution is 0.876. The molecule has 1 heterocycles. The molecule has 1 aromatic heterocycles. The number of nitroso groups, excluding NO2 is 1. The molecular formula is C7H12N6O. The Morgan fingerprint density at radius 3 is 2.14 bits per heavy atom. The van der Waals surface area contributed by atoms with Crippen molar-refractivity contribution in [2.45, 2.75) is 19.9 Å². The summed E-state index contributed by atoms with van der Waals surface area (Å²) in [6.07, 6.45) is 0. The number of nitrogens with zero attached hydrogens (tertiary/aromatic N) is 3. The van der Waals surface area contributed by atoms with Gasteiger partial charge in [0.2, 0.25) is 5.95 Å². The minimum absolute atomic E-state index is 0.0179. The second-order valence-corrected chi connectivity index (χ2v) is 3.06. The van der Waals surface area contributed by atoms with E-state index in [1.807, 2.05) is 13.8 Å². The summed E-state index contributed by atoms with van der Waals surface area (Å²) in [5, 5.41) is 5.55. The molecular weight excluding hydrogens is 184 g/mol.